The molecule has 0 aliphatic carbocycles. The molecule has 6 nitrogen and oxygen atoms in total. The molecule has 0 aliphatic heterocycles. The smallest absolute Gasteiger partial charge is 0.264 e. The van der Waals surface area contributed by atoms with E-state index in [1.165, 1.54) is 24.8 Å². The maximum atomic E-state index is 13.4. The second-order valence-corrected chi connectivity index (χ2v) is 9.81. The van der Waals surface area contributed by atoms with E-state index in [9.17, 15) is 13.2 Å². The second kappa shape index (κ2) is 11.2. The molecule has 0 saturated heterocycles. The summed E-state index contributed by atoms with van der Waals surface area (Å²) in [6.07, 6.45) is 3.20. The predicted octanol–water partition coefficient (Wildman–Crippen LogP) is 5.53. The van der Waals surface area contributed by atoms with Gasteiger partial charge < -0.3 is 10.1 Å². The Kier molecular flexibility index (Phi) is 8.36. The van der Waals surface area contributed by atoms with Crippen LogP contribution in [0.25, 0.3) is 0 Å². The van der Waals surface area contributed by atoms with E-state index in [1.807, 2.05) is 24.3 Å². The molecule has 0 atom stereocenters. The van der Waals surface area contributed by atoms with Crippen LogP contribution in [0, 0.1) is 0 Å². The third-order valence-electron chi connectivity index (χ3n) is 5.11. The molecule has 0 radical (unpaired) electrons. The predicted molar refractivity (Wildman–Crippen MR) is 133 cm³/mol. The third-order valence-corrected chi connectivity index (χ3v) is 7.15. The van der Waals surface area contributed by atoms with Crippen LogP contribution in [0.3, 0.4) is 0 Å². The molecule has 3 rings (SSSR count). The van der Waals surface area contributed by atoms with Gasteiger partial charge in [-0.3, -0.25) is 9.10 Å². The van der Waals surface area contributed by atoms with Gasteiger partial charge in [0.05, 0.1) is 17.7 Å². The quantitative estimate of drug-likeness (QED) is 0.409. The Bertz CT molecular complexity index is 1160. The summed E-state index contributed by atoms with van der Waals surface area (Å²) in [6.45, 7) is 1.74. The summed E-state index contributed by atoms with van der Waals surface area (Å²) in [6, 6.07) is 19.9. The van der Waals surface area contributed by atoms with Crippen LogP contribution in [0.2, 0.25) is 5.02 Å². The van der Waals surface area contributed by atoms with E-state index in [0.29, 0.717) is 22.1 Å². The van der Waals surface area contributed by atoms with Gasteiger partial charge in [-0.25, -0.2) is 8.42 Å². The van der Waals surface area contributed by atoms with Crippen molar-refractivity contribution in [1.82, 2.24) is 0 Å². The summed E-state index contributed by atoms with van der Waals surface area (Å²) < 4.78 is 33.0. The first-order valence-corrected chi connectivity index (χ1v) is 12.5. The van der Waals surface area contributed by atoms with Crippen molar-refractivity contribution >= 4 is 38.9 Å². The fourth-order valence-electron chi connectivity index (χ4n) is 3.26. The molecular formula is C25H27ClN2O4S. The van der Waals surface area contributed by atoms with Crippen LogP contribution in [-0.2, 0) is 21.2 Å². The molecule has 3 aromatic rings. The average molecular weight is 487 g/mol. The Morgan fingerprint density at radius 1 is 0.970 bits per heavy atom. The normalized spacial score (nSPS) is 11.1. The van der Waals surface area contributed by atoms with E-state index in [-0.39, 0.29) is 4.90 Å². The molecule has 0 aromatic heterocycles. The lowest BCUT2D eigenvalue weighted by Crippen LogP contribution is -2.38. The molecule has 0 heterocycles. The molecule has 33 heavy (non-hydrogen) atoms. The number of methoxy groups -OCH3 is 1. The largest absolute Gasteiger partial charge is 0.497 e. The number of sulfonamides is 1. The maximum Gasteiger partial charge on any atom is 0.264 e. The van der Waals surface area contributed by atoms with Gasteiger partial charge in [0.1, 0.15) is 12.3 Å². The van der Waals surface area contributed by atoms with Crippen LogP contribution >= 0.6 is 11.6 Å². The van der Waals surface area contributed by atoms with Gasteiger partial charge >= 0.3 is 0 Å². The highest BCUT2D eigenvalue weighted by molar-refractivity contribution is 7.92. The molecule has 1 amide bonds. The van der Waals surface area contributed by atoms with Gasteiger partial charge in [-0.2, -0.15) is 0 Å². The van der Waals surface area contributed by atoms with Crippen molar-refractivity contribution in [3.63, 3.8) is 0 Å². The highest BCUT2D eigenvalue weighted by Crippen LogP contribution is 2.26. The minimum absolute atomic E-state index is 0.0475. The summed E-state index contributed by atoms with van der Waals surface area (Å²) in [5, 5.41) is 3.25. The number of amides is 1. The number of halogens is 1. The number of ether oxygens (including phenoxy) is 1. The zero-order valence-electron chi connectivity index (χ0n) is 18.6. The number of nitrogens with zero attached hydrogens (tertiary/aromatic N) is 1. The summed E-state index contributed by atoms with van der Waals surface area (Å²) in [7, 11) is -2.52. The van der Waals surface area contributed by atoms with Crippen LogP contribution in [-0.4, -0.2) is 28.0 Å². The Labute approximate surface area is 200 Å². The lowest BCUT2D eigenvalue weighted by atomic mass is 10.1. The zero-order valence-corrected chi connectivity index (χ0v) is 20.2. The Morgan fingerprint density at radius 3 is 2.18 bits per heavy atom. The molecule has 0 unspecified atom stereocenters. The van der Waals surface area contributed by atoms with Gasteiger partial charge in [-0.1, -0.05) is 37.1 Å². The number of hydrogen-bond donors (Lipinski definition) is 1. The molecule has 0 spiro atoms. The van der Waals surface area contributed by atoms with E-state index in [2.05, 4.69) is 12.2 Å². The van der Waals surface area contributed by atoms with Crippen molar-refractivity contribution in [2.45, 2.75) is 31.1 Å². The standard InChI is InChI=1S/C25H27ClN2O4S/c1-3-4-5-19-6-10-21(11-7-19)27-25(29)18-28(22-12-8-20(26)9-13-22)33(30,31)24-16-14-23(32-2)15-17-24/h6-17H,3-5,18H2,1-2H3,(H,27,29). The number of unbranched alkanes of at least 4 members (excludes halogenated alkanes) is 1. The van der Waals surface area contributed by atoms with Gasteiger partial charge in [-0.05, 0) is 79.1 Å². The number of nitrogens with one attached hydrogen (secondary N) is 1. The fourth-order valence-corrected chi connectivity index (χ4v) is 4.81. The van der Waals surface area contributed by atoms with Gasteiger partial charge in [0.2, 0.25) is 5.91 Å². The van der Waals surface area contributed by atoms with Gasteiger partial charge in [-0.15, -0.1) is 0 Å². The van der Waals surface area contributed by atoms with Crippen molar-refractivity contribution in [3.05, 3.63) is 83.4 Å². The number of benzene rings is 3. The molecule has 0 bridgehead atoms. The SMILES string of the molecule is CCCCc1ccc(NC(=O)CN(c2ccc(Cl)cc2)S(=O)(=O)c2ccc(OC)cc2)cc1. The Balaban J connectivity index is 1.83. The van der Waals surface area contributed by atoms with Crippen molar-refractivity contribution in [1.29, 1.82) is 0 Å². The number of aryl methyl sites for hydroxylation is 1. The van der Waals surface area contributed by atoms with E-state index in [0.717, 1.165) is 23.6 Å². The first kappa shape index (κ1) is 24.6. The topological polar surface area (TPSA) is 75.7 Å². The zero-order chi connectivity index (χ0) is 23.8. The maximum absolute atomic E-state index is 13.4. The van der Waals surface area contributed by atoms with Crippen LogP contribution in [0.5, 0.6) is 5.75 Å². The highest BCUT2D eigenvalue weighted by atomic mass is 35.5. The molecule has 3 aromatic carbocycles. The van der Waals surface area contributed by atoms with Crippen LogP contribution in [0.15, 0.2) is 77.7 Å². The lowest BCUT2D eigenvalue weighted by Gasteiger charge is -2.24. The number of carbonyl (C=O) groups excluding carboxylic acids is 1. The molecule has 1 N–H and O–H groups in total. The molecule has 8 heteroatoms. The first-order valence-electron chi connectivity index (χ1n) is 10.6. The summed E-state index contributed by atoms with van der Waals surface area (Å²) in [5.41, 5.74) is 2.14. The first-order chi connectivity index (χ1) is 15.8. The van der Waals surface area contributed by atoms with Crippen molar-refractivity contribution in [2.75, 3.05) is 23.3 Å². The molecule has 0 aliphatic rings. The molecule has 0 fully saturated rings. The van der Waals surface area contributed by atoms with E-state index >= 15 is 0 Å². The summed E-state index contributed by atoms with van der Waals surface area (Å²) in [4.78, 5) is 12.9. The number of rotatable bonds is 10. The molecule has 174 valence electrons. The van der Waals surface area contributed by atoms with Gasteiger partial charge in [0.25, 0.3) is 10.0 Å². The van der Waals surface area contributed by atoms with Crippen molar-refractivity contribution < 1.29 is 17.9 Å². The van der Waals surface area contributed by atoms with Crippen LogP contribution < -0.4 is 14.4 Å². The second-order valence-electron chi connectivity index (χ2n) is 7.51. The fraction of sp³-hybridized carbons (Fsp3) is 0.240. The minimum atomic E-state index is -4.02. The minimum Gasteiger partial charge on any atom is -0.497 e. The highest BCUT2D eigenvalue weighted by Gasteiger charge is 2.27. The Hall–Kier alpha value is -3.03. The molecule has 0 saturated carbocycles. The van der Waals surface area contributed by atoms with E-state index < -0.39 is 22.5 Å². The average Bonchev–Trinajstić information content (AvgIpc) is 2.83. The Morgan fingerprint density at radius 2 is 1.61 bits per heavy atom. The van der Waals surface area contributed by atoms with E-state index in [1.54, 1.807) is 36.4 Å². The van der Waals surface area contributed by atoms with Crippen LogP contribution in [0.4, 0.5) is 11.4 Å². The van der Waals surface area contributed by atoms with Crippen molar-refractivity contribution in [3.8, 4) is 5.75 Å². The summed E-state index contributed by atoms with van der Waals surface area (Å²) in [5.74, 6) is 0.0791. The third kappa shape index (κ3) is 6.49. The number of hydrogen-bond acceptors (Lipinski definition) is 4. The van der Waals surface area contributed by atoms with Gasteiger partial charge in [0.15, 0.2) is 0 Å². The molecular weight excluding hydrogens is 460 g/mol. The van der Waals surface area contributed by atoms with E-state index in [4.69, 9.17) is 16.3 Å². The van der Waals surface area contributed by atoms with Crippen molar-refractivity contribution in [2.24, 2.45) is 0 Å². The summed E-state index contributed by atoms with van der Waals surface area (Å²) >= 11 is 5.98. The van der Waals surface area contributed by atoms with Gasteiger partial charge in [0, 0.05) is 10.7 Å². The lowest BCUT2D eigenvalue weighted by molar-refractivity contribution is -0.114. The number of carbonyl (C=O) groups is 1. The number of anilines is 2. The van der Waals surface area contributed by atoms with Crippen LogP contribution in [0.1, 0.15) is 25.3 Å². The monoisotopic (exact) mass is 486 g/mol.